The van der Waals surface area contributed by atoms with E-state index in [1.165, 1.54) is 6.42 Å². The van der Waals surface area contributed by atoms with Crippen LogP contribution >= 0.6 is 0 Å². The van der Waals surface area contributed by atoms with Crippen molar-refractivity contribution in [3.05, 3.63) is 41.7 Å². The summed E-state index contributed by atoms with van der Waals surface area (Å²) < 4.78 is 1.90. The molecule has 0 radical (unpaired) electrons. The van der Waals surface area contributed by atoms with Crippen molar-refractivity contribution in [3.63, 3.8) is 0 Å². The van der Waals surface area contributed by atoms with E-state index in [2.05, 4.69) is 31.9 Å². The lowest BCUT2D eigenvalue weighted by molar-refractivity contribution is -0.129. The monoisotopic (exact) mass is 325 g/mol. The van der Waals surface area contributed by atoms with Crippen LogP contribution in [-0.4, -0.2) is 33.0 Å². The number of amides is 1. The van der Waals surface area contributed by atoms with Crippen molar-refractivity contribution in [2.75, 3.05) is 6.54 Å². The Morgan fingerprint density at radius 3 is 2.96 bits per heavy atom. The lowest BCUT2D eigenvalue weighted by atomic mass is 9.99. The van der Waals surface area contributed by atoms with E-state index < -0.39 is 0 Å². The molecule has 1 amide bonds. The van der Waals surface area contributed by atoms with E-state index in [-0.39, 0.29) is 5.91 Å². The zero-order valence-corrected chi connectivity index (χ0v) is 14.9. The van der Waals surface area contributed by atoms with Gasteiger partial charge in [0.2, 0.25) is 5.91 Å². The number of fused-ring (bicyclic) bond motifs is 1. The molecular weight excluding hydrogens is 298 g/mol. The second kappa shape index (κ2) is 7.20. The number of likely N-dealkylation sites (tertiary alicyclic amines) is 1. The highest BCUT2D eigenvalue weighted by Gasteiger charge is 2.24. The van der Waals surface area contributed by atoms with Crippen LogP contribution in [0.15, 0.2) is 30.5 Å². The predicted molar refractivity (Wildman–Crippen MR) is 98.0 cm³/mol. The molecule has 0 aromatic carbocycles. The average molecular weight is 325 g/mol. The Labute approximate surface area is 144 Å². The van der Waals surface area contributed by atoms with Crippen molar-refractivity contribution in [2.24, 2.45) is 0 Å². The van der Waals surface area contributed by atoms with Crippen molar-refractivity contribution in [2.45, 2.75) is 58.4 Å². The Hall–Kier alpha value is -2.10. The maximum atomic E-state index is 12.7. The largest absolute Gasteiger partial charge is 0.336 e. The van der Waals surface area contributed by atoms with E-state index >= 15 is 0 Å². The molecule has 24 heavy (non-hydrogen) atoms. The second-order valence-electron chi connectivity index (χ2n) is 6.91. The molecular formula is C20H27N3O. The first kappa shape index (κ1) is 16.7. The molecule has 0 spiro atoms. The van der Waals surface area contributed by atoms with Crippen LogP contribution in [0.3, 0.4) is 0 Å². The highest BCUT2D eigenvalue weighted by Crippen LogP contribution is 2.25. The second-order valence-corrected chi connectivity index (χ2v) is 6.91. The van der Waals surface area contributed by atoms with Crippen LogP contribution in [0.4, 0.5) is 0 Å². The van der Waals surface area contributed by atoms with Gasteiger partial charge in [-0.25, -0.2) is 4.52 Å². The van der Waals surface area contributed by atoms with Crippen molar-refractivity contribution in [3.8, 4) is 0 Å². The molecule has 2 aromatic rings. The Morgan fingerprint density at radius 1 is 1.38 bits per heavy atom. The molecule has 1 fully saturated rings. The fourth-order valence-electron chi connectivity index (χ4n) is 3.60. The predicted octanol–water partition coefficient (Wildman–Crippen LogP) is 4.26. The van der Waals surface area contributed by atoms with Crippen molar-refractivity contribution >= 4 is 17.5 Å². The summed E-state index contributed by atoms with van der Waals surface area (Å²) in [5.41, 5.74) is 3.15. The summed E-state index contributed by atoms with van der Waals surface area (Å²) in [6, 6.07) is 6.43. The van der Waals surface area contributed by atoms with Gasteiger partial charge in [0.15, 0.2) is 0 Å². The van der Waals surface area contributed by atoms with Gasteiger partial charge in [0.1, 0.15) is 0 Å². The molecule has 2 aromatic heterocycles. The summed E-state index contributed by atoms with van der Waals surface area (Å²) in [5.74, 6) is 0.449. The van der Waals surface area contributed by atoms with Gasteiger partial charge in [-0.15, -0.1) is 0 Å². The van der Waals surface area contributed by atoms with E-state index in [0.29, 0.717) is 12.0 Å². The minimum absolute atomic E-state index is 0.131. The van der Waals surface area contributed by atoms with Crippen LogP contribution in [0, 0.1) is 0 Å². The zero-order chi connectivity index (χ0) is 17.1. The quantitative estimate of drug-likeness (QED) is 0.788. The van der Waals surface area contributed by atoms with Crippen LogP contribution in [0.25, 0.3) is 11.6 Å². The summed E-state index contributed by atoms with van der Waals surface area (Å²) in [5, 5.41) is 4.67. The smallest absolute Gasteiger partial charge is 0.246 e. The normalized spacial score (nSPS) is 18.8. The summed E-state index contributed by atoms with van der Waals surface area (Å²) in [4.78, 5) is 14.7. The number of hydrogen-bond acceptors (Lipinski definition) is 2. The fourth-order valence-corrected chi connectivity index (χ4v) is 3.60. The van der Waals surface area contributed by atoms with Gasteiger partial charge in [0.25, 0.3) is 0 Å². The summed E-state index contributed by atoms with van der Waals surface area (Å²) >= 11 is 0. The highest BCUT2D eigenvalue weighted by atomic mass is 16.2. The first-order valence-electron chi connectivity index (χ1n) is 9.07. The molecule has 0 saturated carbocycles. The third-order valence-electron chi connectivity index (χ3n) is 4.93. The number of pyridine rings is 1. The molecule has 4 heteroatoms. The first-order chi connectivity index (χ1) is 11.6. The van der Waals surface area contributed by atoms with E-state index in [0.717, 1.165) is 42.6 Å². The molecule has 3 rings (SSSR count). The summed E-state index contributed by atoms with van der Waals surface area (Å²) in [6.45, 7) is 7.33. The molecule has 3 heterocycles. The third-order valence-corrected chi connectivity index (χ3v) is 4.93. The van der Waals surface area contributed by atoms with E-state index in [9.17, 15) is 4.79 Å². The Morgan fingerprint density at radius 2 is 2.21 bits per heavy atom. The van der Waals surface area contributed by atoms with Crippen molar-refractivity contribution in [1.82, 2.24) is 14.5 Å². The Bertz CT molecular complexity index is 744. The van der Waals surface area contributed by atoms with Gasteiger partial charge in [0, 0.05) is 30.4 Å². The van der Waals surface area contributed by atoms with Crippen LogP contribution in [0.5, 0.6) is 0 Å². The lowest BCUT2D eigenvalue weighted by Crippen LogP contribution is -2.42. The van der Waals surface area contributed by atoms with Gasteiger partial charge < -0.3 is 4.90 Å². The molecule has 1 aliphatic heterocycles. The van der Waals surface area contributed by atoms with Crippen LogP contribution < -0.4 is 0 Å². The van der Waals surface area contributed by atoms with Gasteiger partial charge in [-0.1, -0.05) is 26.8 Å². The number of aromatic nitrogens is 2. The molecule has 1 atom stereocenters. The lowest BCUT2D eigenvalue weighted by Gasteiger charge is -2.34. The SMILES string of the molecule is CCC1CCCCN1C(=O)/C=C/c1c(C(C)C)nn2ccccc12. The first-order valence-corrected chi connectivity index (χ1v) is 9.07. The number of nitrogens with zero attached hydrogens (tertiary/aromatic N) is 3. The number of carbonyl (C=O) groups excluding carboxylic acids is 1. The number of rotatable bonds is 4. The summed E-state index contributed by atoms with van der Waals surface area (Å²) in [6.07, 6.45) is 10.2. The van der Waals surface area contributed by atoms with Crippen LogP contribution in [0.1, 0.15) is 63.6 Å². The molecule has 4 nitrogen and oxygen atoms in total. The van der Waals surface area contributed by atoms with Crippen LogP contribution in [0.2, 0.25) is 0 Å². The molecule has 1 saturated heterocycles. The minimum atomic E-state index is 0.131. The Balaban J connectivity index is 1.89. The van der Waals surface area contributed by atoms with E-state index in [1.54, 1.807) is 6.08 Å². The average Bonchev–Trinajstić information content (AvgIpc) is 2.98. The molecule has 128 valence electrons. The van der Waals surface area contributed by atoms with Gasteiger partial charge in [-0.05, 0) is 49.8 Å². The Kier molecular flexibility index (Phi) is 5.03. The summed E-state index contributed by atoms with van der Waals surface area (Å²) in [7, 11) is 0. The molecule has 1 aliphatic rings. The standard InChI is InChI=1S/C20H27N3O/c1-4-16-9-5-7-13-22(16)19(24)12-11-17-18-10-6-8-14-23(18)21-20(17)15(2)3/h6,8,10-12,14-16H,4-5,7,9,13H2,1-3H3/b12-11+. The van der Waals surface area contributed by atoms with E-state index in [4.69, 9.17) is 0 Å². The van der Waals surface area contributed by atoms with Crippen molar-refractivity contribution < 1.29 is 4.79 Å². The van der Waals surface area contributed by atoms with Crippen LogP contribution in [-0.2, 0) is 4.79 Å². The molecule has 0 bridgehead atoms. The topological polar surface area (TPSA) is 37.6 Å². The molecule has 0 N–H and O–H groups in total. The number of carbonyl (C=O) groups is 1. The van der Waals surface area contributed by atoms with Crippen molar-refractivity contribution in [1.29, 1.82) is 0 Å². The maximum absolute atomic E-state index is 12.7. The van der Waals surface area contributed by atoms with Gasteiger partial charge >= 0.3 is 0 Å². The zero-order valence-electron chi connectivity index (χ0n) is 14.9. The van der Waals surface area contributed by atoms with Gasteiger partial charge in [-0.2, -0.15) is 5.10 Å². The third kappa shape index (κ3) is 3.23. The van der Waals surface area contributed by atoms with Gasteiger partial charge in [-0.3, -0.25) is 4.79 Å². The highest BCUT2D eigenvalue weighted by molar-refractivity contribution is 5.93. The molecule has 0 aliphatic carbocycles. The minimum Gasteiger partial charge on any atom is -0.336 e. The number of hydrogen-bond donors (Lipinski definition) is 0. The van der Waals surface area contributed by atoms with Gasteiger partial charge in [0.05, 0.1) is 11.2 Å². The maximum Gasteiger partial charge on any atom is 0.246 e. The molecule has 1 unspecified atom stereocenters. The van der Waals surface area contributed by atoms with E-state index in [1.807, 2.05) is 33.8 Å². The number of piperidine rings is 1. The fraction of sp³-hybridized carbons (Fsp3) is 0.500.